The van der Waals surface area contributed by atoms with Gasteiger partial charge in [0.1, 0.15) is 5.82 Å². The molecule has 0 spiro atoms. The minimum atomic E-state index is -1.08. The number of hydrogen-bond acceptors (Lipinski definition) is 6. The molecule has 25 heavy (non-hydrogen) atoms. The molecular formula is C17H22N6O2. The van der Waals surface area contributed by atoms with Crippen molar-refractivity contribution in [3.63, 3.8) is 0 Å². The van der Waals surface area contributed by atoms with Crippen LogP contribution in [0.25, 0.3) is 11.4 Å². The summed E-state index contributed by atoms with van der Waals surface area (Å²) in [6, 6.07) is 3.74. The summed E-state index contributed by atoms with van der Waals surface area (Å²) in [5.74, 6) is 1.19. The molecule has 2 aliphatic rings. The maximum absolute atomic E-state index is 12.0. The van der Waals surface area contributed by atoms with Gasteiger partial charge in [-0.2, -0.15) is 0 Å². The van der Waals surface area contributed by atoms with Crippen LogP contribution in [-0.2, 0) is 10.3 Å². The average molecular weight is 342 g/mol. The predicted octanol–water partition coefficient (Wildman–Crippen LogP) is 1.65. The fourth-order valence-electron chi connectivity index (χ4n) is 4.20. The van der Waals surface area contributed by atoms with Crippen molar-refractivity contribution in [3.8, 4) is 11.4 Å². The second-order valence-corrected chi connectivity index (χ2v) is 7.98. The number of hydrogen-bond donors (Lipinski definition) is 1. The molecule has 0 amide bonds. The molecule has 8 heteroatoms. The Bertz CT molecular complexity index is 812. The molecule has 2 fully saturated rings. The highest BCUT2D eigenvalue weighted by Gasteiger charge is 2.70. The van der Waals surface area contributed by atoms with Gasteiger partial charge in [0.2, 0.25) is 5.82 Å². The number of rotatable bonds is 4. The molecule has 1 N–H and O–H groups in total. The Hall–Kier alpha value is -2.51. The van der Waals surface area contributed by atoms with Crippen molar-refractivity contribution in [1.82, 2.24) is 25.2 Å². The lowest BCUT2D eigenvalue weighted by Gasteiger charge is -2.27. The molecule has 0 saturated heterocycles. The van der Waals surface area contributed by atoms with Crippen molar-refractivity contribution in [1.29, 1.82) is 0 Å². The smallest absolute Gasteiger partial charge is 0.333 e. The molecule has 4 rings (SSSR count). The summed E-state index contributed by atoms with van der Waals surface area (Å²) in [6.45, 7) is 4.40. The molecule has 0 aromatic carbocycles. The number of pyridine rings is 1. The van der Waals surface area contributed by atoms with E-state index in [1.54, 1.807) is 6.20 Å². The standard InChI is InChI=1S/C17H22N6O2/c1-16(2)11-7-17(15(24)25,8-12(11)16)23-20-14(19-21-23)10-5-6-13(18-9-10)22(3)4/h5-6,9,11-12H,7-8H2,1-4H3,(H,24,25). The van der Waals surface area contributed by atoms with Crippen molar-refractivity contribution in [2.75, 3.05) is 19.0 Å². The molecule has 2 atom stereocenters. The van der Waals surface area contributed by atoms with Gasteiger partial charge in [0, 0.05) is 25.9 Å². The van der Waals surface area contributed by atoms with Crippen LogP contribution < -0.4 is 4.90 Å². The number of tetrazole rings is 1. The summed E-state index contributed by atoms with van der Waals surface area (Å²) in [5.41, 5.74) is -0.123. The highest BCUT2D eigenvalue weighted by atomic mass is 16.4. The van der Waals surface area contributed by atoms with Crippen LogP contribution in [0.4, 0.5) is 5.82 Å². The van der Waals surface area contributed by atoms with E-state index in [0.717, 1.165) is 11.4 Å². The molecule has 132 valence electrons. The first-order chi connectivity index (χ1) is 11.8. The van der Waals surface area contributed by atoms with Crippen LogP contribution >= 0.6 is 0 Å². The first kappa shape index (κ1) is 16.0. The van der Waals surface area contributed by atoms with Crippen molar-refractivity contribution in [3.05, 3.63) is 18.3 Å². The summed E-state index contributed by atoms with van der Waals surface area (Å²) >= 11 is 0. The van der Waals surface area contributed by atoms with E-state index in [1.807, 2.05) is 31.1 Å². The molecule has 2 aromatic rings. The third-order valence-corrected chi connectivity index (χ3v) is 6.06. The van der Waals surface area contributed by atoms with Gasteiger partial charge in [-0.05, 0) is 47.4 Å². The van der Waals surface area contributed by atoms with Crippen LogP contribution in [0.1, 0.15) is 26.7 Å². The van der Waals surface area contributed by atoms with E-state index in [1.165, 1.54) is 4.80 Å². The monoisotopic (exact) mass is 342 g/mol. The number of aromatic nitrogens is 5. The average Bonchev–Trinajstić information content (AvgIpc) is 3.05. The first-order valence-electron chi connectivity index (χ1n) is 8.43. The zero-order chi connectivity index (χ0) is 18.0. The normalized spacial score (nSPS) is 29.3. The second-order valence-electron chi connectivity index (χ2n) is 7.98. The van der Waals surface area contributed by atoms with Gasteiger partial charge in [-0.25, -0.2) is 9.78 Å². The molecule has 0 aliphatic heterocycles. The maximum atomic E-state index is 12.0. The van der Waals surface area contributed by atoms with Gasteiger partial charge in [-0.15, -0.1) is 15.0 Å². The Morgan fingerprint density at radius 3 is 2.48 bits per heavy atom. The third-order valence-electron chi connectivity index (χ3n) is 6.06. The Balaban J connectivity index is 1.63. The van der Waals surface area contributed by atoms with Crippen molar-refractivity contribution in [2.45, 2.75) is 32.2 Å². The van der Waals surface area contributed by atoms with Crippen molar-refractivity contribution in [2.24, 2.45) is 17.3 Å². The number of nitrogens with zero attached hydrogens (tertiary/aromatic N) is 6. The van der Waals surface area contributed by atoms with E-state index >= 15 is 0 Å². The van der Waals surface area contributed by atoms with Crippen LogP contribution in [0, 0.1) is 17.3 Å². The van der Waals surface area contributed by atoms with Crippen LogP contribution in [0.5, 0.6) is 0 Å². The number of anilines is 1. The van der Waals surface area contributed by atoms with Crippen LogP contribution in [-0.4, -0.2) is 50.4 Å². The minimum Gasteiger partial charge on any atom is -0.479 e. The largest absolute Gasteiger partial charge is 0.479 e. The lowest BCUT2D eigenvalue weighted by atomic mass is 9.87. The zero-order valence-electron chi connectivity index (χ0n) is 14.8. The predicted molar refractivity (Wildman–Crippen MR) is 91.0 cm³/mol. The van der Waals surface area contributed by atoms with E-state index in [0.29, 0.717) is 30.5 Å². The van der Waals surface area contributed by atoms with Crippen LogP contribution in [0.15, 0.2) is 18.3 Å². The molecular weight excluding hydrogens is 320 g/mol. The SMILES string of the molecule is CN(C)c1ccc(-c2nnn(C3(C(=O)O)CC4C(C3)C4(C)C)n2)cn1. The fourth-order valence-corrected chi connectivity index (χ4v) is 4.20. The van der Waals surface area contributed by atoms with E-state index < -0.39 is 11.5 Å². The quantitative estimate of drug-likeness (QED) is 0.902. The minimum absolute atomic E-state index is 0.230. The number of carbonyl (C=O) groups is 1. The van der Waals surface area contributed by atoms with Gasteiger partial charge in [0.15, 0.2) is 5.54 Å². The highest BCUT2D eigenvalue weighted by molar-refractivity contribution is 5.77. The lowest BCUT2D eigenvalue weighted by molar-refractivity contribution is -0.149. The lowest BCUT2D eigenvalue weighted by Crippen LogP contribution is -2.43. The van der Waals surface area contributed by atoms with Gasteiger partial charge >= 0.3 is 5.97 Å². The van der Waals surface area contributed by atoms with E-state index in [-0.39, 0.29) is 5.41 Å². The molecule has 2 heterocycles. The Morgan fingerprint density at radius 2 is 1.96 bits per heavy atom. The van der Waals surface area contributed by atoms with E-state index in [9.17, 15) is 9.90 Å². The fraction of sp³-hybridized carbons (Fsp3) is 0.588. The van der Waals surface area contributed by atoms with Crippen molar-refractivity contribution >= 4 is 11.8 Å². The number of fused-ring (bicyclic) bond motifs is 1. The van der Waals surface area contributed by atoms with Gasteiger partial charge in [-0.1, -0.05) is 13.8 Å². The highest BCUT2D eigenvalue weighted by Crippen LogP contribution is 2.70. The molecule has 2 aliphatic carbocycles. The van der Waals surface area contributed by atoms with Gasteiger partial charge < -0.3 is 10.0 Å². The Labute approximate surface area is 145 Å². The number of aliphatic carboxylic acids is 1. The molecule has 2 aromatic heterocycles. The van der Waals surface area contributed by atoms with Gasteiger partial charge in [0.25, 0.3) is 0 Å². The summed E-state index contributed by atoms with van der Waals surface area (Å²) in [7, 11) is 3.83. The Morgan fingerprint density at radius 1 is 1.28 bits per heavy atom. The summed E-state index contributed by atoms with van der Waals surface area (Å²) in [5, 5.41) is 22.4. The van der Waals surface area contributed by atoms with Gasteiger partial charge in [0.05, 0.1) is 0 Å². The van der Waals surface area contributed by atoms with Gasteiger partial charge in [-0.3, -0.25) is 0 Å². The van der Waals surface area contributed by atoms with Crippen molar-refractivity contribution < 1.29 is 9.90 Å². The molecule has 8 nitrogen and oxygen atoms in total. The molecule has 2 saturated carbocycles. The van der Waals surface area contributed by atoms with Crippen LogP contribution in [0.3, 0.4) is 0 Å². The molecule has 0 bridgehead atoms. The molecule has 2 unspecified atom stereocenters. The summed E-state index contributed by atoms with van der Waals surface area (Å²) < 4.78 is 0. The molecule has 0 radical (unpaired) electrons. The summed E-state index contributed by atoms with van der Waals surface area (Å²) in [4.78, 5) is 19.6. The topological polar surface area (TPSA) is 97.0 Å². The summed E-state index contributed by atoms with van der Waals surface area (Å²) in [6.07, 6.45) is 2.81. The van der Waals surface area contributed by atoms with Crippen LogP contribution in [0.2, 0.25) is 0 Å². The Kier molecular flexibility index (Phi) is 3.20. The number of carboxylic acid groups (broad SMARTS) is 1. The third kappa shape index (κ3) is 2.23. The second kappa shape index (κ2) is 5.00. The first-order valence-corrected chi connectivity index (χ1v) is 8.43. The maximum Gasteiger partial charge on any atom is 0.333 e. The zero-order valence-corrected chi connectivity index (χ0v) is 14.8. The number of carboxylic acids is 1. The van der Waals surface area contributed by atoms with E-state index in [4.69, 9.17) is 0 Å². The van der Waals surface area contributed by atoms with E-state index in [2.05, 4.69) is 34.2 Å².